The van der Waals surface area contributed by atoms with Crippen molar-refractivity contribution in [3.63, 3.8) is 0 Å². The highest BCUT2D eigenvalue weighted by atomic mass is 79.9. The van der Waals surface area contributed by atoms with Gasteiger partial charge in [-0.05, 0) is 52.4 Å². The number of halogens is 4. The molecule has 1 aliphatic rings. The molecule has 2 aromatic carbocycles. The van der Waals surface area contributed by atoms with E-state index in [1.54, 1.807) is 12.1 Å². The van der Waals surface area contributed by atoms with Gasteiger partial charge in [-0.2, -0.15) is 0 Å². The Balaban J connectivity index is 1.65. The van der Waals surface area contributed by atoms with Crippen LogP contribution in [-0.2, 0) is 0 Å². The average molecular weight is 356 g/mol. The number of benzene rings is 2. The van der Waals surface area contributed by atoms with Crippen molar-refractivity contribution in [3.8, 4) is 0 Å². The summed E-state index contributed by atoms with van der Waals surface area (Å²) in [6, 6.07) is 9.02. The van der Waals surface area contributed by atoms with Crippen LogP contribution in [0, 0.1) is 17.5 Å². The van der Waals surface area contributed by atoms with Gasteiger partial charge in [0.15, 0.2) is 0 Å². The van der Waals surface area contributed by atoms with Gasteiger partial charge in [0, 0.05) is 12.1 Å². The van der Waals surface area contributed by atoms with Crippen LogP contribution in [0.5, 0.6) is 0 Å². The summed E-state index contributed by atoms with van der Waals surface area (Å²) < 4.78 is 40.7. The van der Waals surface area contributed by atoms with Crippen molar-refractivity contribution >= 4 is 21.6 Å². The smallest absolute Gasteiger partial charge is 0.149 e. The van der Waals surface area contributed by atoms with E-state index in [-0.39, 0.29) is 27.9 Å². The van der Waals surface area contributed by atoms with Gasteiger partial charge in [0.2, 0.25) is 0 Å². The molecule has 1 N–H and O–H groups in total. The van der Waals surface area contributed by atoms with Crippen LogP contribution in [0.1, 0.15) is 24.3 Å². The predicted octanol–water partition coefficient (Wildman–Crippen LogP) is 5.22. The highest BCUT2D eigenvalue weighted by Crippen LogP contribution is 2.40. The lowest BCUT2D eigenvalue weighted by Crippen LogP contribution is -2.34. The Morgan fingerprint density at radius 1 is 0.952 bits per heavy atom. The summed E-state index contributed by atoms with van der Waals surface area (Å²) >= 11 is 3.04. The van der Waals surface area contributed by atoms with Crippen LogP contribution in [0.15, 0.2) is 40.9 Å². The van der Waals surface area contributed by atoms with Crippen molar-refractivity contribution in [2.75, 3.05) is 5.32 Å². The molecule has 1 fully saturated rings. The van der Waals surface area contributed by atoms with Crippen molar-refractivity contribution in [2.24, 2.45) is 0 Å². The van der Waals surface area contributed by atoms with Crippen LogP contribution >= 0.6 is 15.9 Å². The van der Waals surface area contributed by atoms with Crippen molar-refractivity contribution in [3.05, 3.63) is 63.9 Å². The quantitative estimate of drug-likeness (QED) is 0.743. The van der Waals surface area contributed by atoms with E-state index in [0.717, 1.165) is 18.9 Å². The van der Waals surface area contributed by atoms with Crippen molar-refractivity contribution in [1.29, 1.82) is 0 Å². The maximum atomic E-state index is 13.7. The lowest BCUT2D eigenvalue weighted by atomic mass is 9.75. The van der Waals surface area contributed by atoms with Gasteiger partial charge >= 0.3 is 0 Å². The van der Waals surface area contributed by atoms with Crippen molar-refractivity contribution < 1.29 is 13.2 Å². The summed E-state index contributed by atoms with van der Waals surface area (Å²) in [5, 5.41) is 3.04. The Labute approximate surface area is 129 Å². The number of hydrogen-bond acceptors (Lipinski definition) is 1. The molecule has 0 heterocycles. The Kier molecular flexibility index (Phi) is 3.93. The zero-order valence-electron chi connectivity index (χ0n) is 11.0. The largest absolute Gasteiger partial charge is 0.380 e. The van der Waals surface area contributed by atoms with Crippen LogP contribution < -0.4 is 5.32 Å². The van der Waals surface area contributed by atoms with E-state index in [4.69, 9.17) is 0 Å². The average Bonchev–Trinajstić information content (AvgIpc) is 2.40. The lowest BCUT2D eigenvalue weighted by molar-refractivity contribution is 0.362. The molecule has 0 radical (unpaired) electrons. The Hall–Kier alpha value is -1.49. The minimum Gasteiger partial charge on any atom is -0.380 e. The highest BCUT2D eigenvalue weighted by molar-refractivity contribution is 9.10. The molecule has 21 heavy (non-hydrogen) atoms. The second kappa shape index (κ2) is 5.72. The first-order valence-electron chi connectivity index (χ1n) is 6.70. The molecule has 0 atom stereocenters. The zero-order valence-corrected chi connectivity index (χ0v) is 12.6. The summed E-state index contributed by atoms with van der Waals surface area (Å²) in [6.45, 7) is 0. The fourth-order valence-electron chi connectivity index (χ4n) is 2.65. The fourth-order valence-corrected chi connectivity index (χ4v) is 2.99. The van der Waals surface area contributed by atoms with Gasteiger partial charge in [0.1, 0.15) is 17.5 Å². The summed E-state index contributed by atoms with van der Waals surface area (Å²) in [6.07, 6.45) is 1.46. The number of anilines is 1. The van der Waals surface area contributed by atoms with E-state index >= 15 is 0 Å². The molecule has 0 bridgehead atoms. The lowest BCUT2D eigenvalue weighted by Gasteiger charge is -2.37. The van der Waals surface area contributed by atoms with E-state index in [1.807, 2.05) is 6.07 Å². The van der Waals surface area contributed by atoms with Crippen molar-refractivity contribution in [1.82, 2.24) is 0 Å². The molecule has 0 aliphatic heterocycles. The van der Waals surface area contributed by atoms with Gasteiger partial charge in [0.25, 0.3) is 0 Å². The Morgan fingerprint density at radius 3 is 2.38 bits per heavy atom. The maximum absolute atomic E-state index is 13.7. The number of hydrogen-bond donors (Lipinski definition) is 1. The minimum absolute atomic E-state index is 0.0708. The van der Waals surface area contributed by atoms with E-state index in [2.05, 4.69) is 21.2 Å². The first-order chi connectivity index (χ1) is 10.0. The molecule has 0 unspecified atom stereocenters. The third kappa shape index (κ3) is 2.93. The molecule has 0 spiro atoms. The van der Waals surface area contributed by atoms with E-state index in [1.165, 1.54) is 12.1 Å². The fraction of sp³-hybridized carbons (Fsp3) is 0.250. The van der Waals surface area contributed by atoms with E-state index < -0.39 is 11.6 Å². The van der Waals surface area contributed by atoms with Gasteiger partial charge < -0.3 is 5.32 Å². The van der Waals surface area contributed by atoms with Crippen LogP contribution in [0.2, 0.25) is 0 Å². The summed E-state index contributed by atoms with van der Waals surface area (Å²) in [7, 11) is 0. The Bertz CT molecular complexity index is 669. The molecule has 3 rings (SSSR count). The first-order valence-corrected chi connectivity index (χ1v) is 7.49. The Morgan fingerprint density at radius 2 is 1.67 bits per heavy atom. The first kappa shape index (κ1) is 14.4. The predicted molar refractivity (Wildman–Crippen MR) is 79.8 cm³/mol. The molecule has 1 saturated carbocycles. The molecule has 1 nitrogen and oxygen atoms in total. The molecule has 110 valence electrons. The molecule has 2 aromatic rings. The standard InChI is InChI=1S/C16H13BrF3N/c17-12-7-16(15(20)8-14(12)19)21-10-5-9(6-10)11-3-1-2-4-13(11)18/h1-4,7-10,21H,5-6H2. The minimum atomic E-state index is -0.629. The number of rotatable bonds is 3. The van der Waals surface area contributed by atoms with Crippen LogP contribution in [0.4, 0.5) is 18.9 Å². The monoisotopic (exact) mass is 355 g/mol. The van der Waals surface area contributed by atoms with Crippen molar-refractivity contribution in [2.45, 2.75) is 24.8 Å². The third-order valence-electron chi connectivity index (χ3n) is 3.85. The zero-order chi connectivity index (χ0) is 15.0. The highest BCUT2D eigenvalue weighted by Gasteiger charge is 2.32. The topological polar surface area (TPSA) is 12.0 Å². The van der Waals surface area contributed by atoms with Gasteiger partial charge in [-0.15, -0.1) is 0 Å². The van der Waals surface area contributed by atoms with Gasteiger partial charge in [-0.3, -0.25) is 0 Å². The molecular weight excluding hydrogens is 343 g/mol. The van der Waals surface area contributed by atoms with E-state index in [9.17, 15) is 13.2 Å². The molecular formula is C16H13BrF3N. The van der Waals surface area contributed by atoms with Crippen LogP contribution in [-0.4, -0.2) is 6.04 Å². The van der Waals surface area contributed by atoms with E-state index in [0.29, 0.717) is 5.56 Å². The molecule has 5 heteroatoms. The molecule has 1 aliphatic carbocycles. The molecule has 0 aromatic heterocycles. The normalized spacial score (nSPS) is 21.0. The van der Waals surface area contributed by atoms with Crippen LogP contribution in [0.25, 0.3) is 0 Å². The molecule has 0 amide bonds. The van der Waals surface area contributed by atoms with Gasteiger partial charge in [-0.1, -0.05) is 18.2 Å². The molecule has 0 saturated heterocycles. The number of nitrogens with one attached hydrogen (secondary N) is 1. The third-order valence-corrected chi connectivity index (χ3v) is 4.46. The van der Waals surface area contributed by atoms with Gasteiger partial charge in [-0.25, -0.2) is 13.2 Å². The summed E-state index contributed by atoms with van der Waals surface area (Å²) in [4.78, 5) is 0. The second-order valence-corrected chi connectivity index (χ2v) is 6.13. The second-order valence-electron chi connectivity index (χ2n) is 5.28. The SMILES string of the molecule is Fc1cc(F)c(NC2CC(c3ccccc3F)C2)cc1Br. The summed E-state index contributed by atoms with van der Waals surface area (Å²) in [5.41, 5.74) is 0.969. The van der Waals surface area contributed by atoms with Gasteiger partial charge in [0.05, 0.1) is 10.2 Å². The van der Waals surface area contributed by atoms with Crippen LogP contribution in [0.3, 0.4) is 0 Å². The summed E-state index contributed by atoms with van der Waals surface area (Å²) in [5.74, 6) is -1.30. The maximum Gasteiger partial charge on any atom is 0.149 e.